The highest BCUT2D eigenvalue weighted by Crippen LogP contribution is 2.23. The van der Waals surface area contributed by atoms with Crippen LogP contribution in [0.5, 0.6) is 5.75 Å². The molecule has 1 N–H and O–H groups in total. The minimum Gasteiger partial charge on any atom is -0.497 e. The number of nitrogens with one attached hydrogen (secondary N) is 1. The molecule has 0 saturated carbocycles. The number of halogens is 3. The largest absolute Gasteiger partial charge is 0.497 e. The summed E-state index contributed by atoms with van der Waals surface area (Å²) in [5.41, 5.74) is 3.36. The summed E-state index contributed by atoms with van der Waals surface area (Å²) in [5.74, 6) is 1.77. The molecule has 1 aromatic heterocycles. The molecule has 3 aromatic rings. The number of aromatic nitrogens is 2. The zero-order valence-corrected chi connectivity index (χ0v) is 18.6. The summed E-state index contributed by atoms with van der Waals surface area (Å²) < 4.78 is 5.34. The first-order chi connectivity index (χ1) is 13.2. The molecule has 156 valence electrons. The molecule has 0 spiro atoms. The van der Waals surface area contributed by atoms with Crippen molar-refractivity contribution in [1.82, 2.24) is 14.9 Å². The van der Waals surface area contributed by atoms with Crippen LogP contribution in [0.2, 0.25) is 5.02 Å². The number of anilines is 1. The third-order valence-electron chi connectivity index (χ3n) is 4.91. The highest BCUT2D eigenvalue weighted by molar-refractivity contribution is 6.30. The van der Waals surface area contributed by atoms with Crippen molar-refractivity contribution in [3.63, 3.8) is 0 Å². The monoisotopic (exact) mass is 454 g/mol. The minimum atomic E-state index is 0. The van der Waals surface area contributed by atoms with Crippen LogP contribution in [0.4, 0.5) is 5.69 Å². The fraction of sp³-hybridized carbons (Fsp3) is 0.286. The molecule has 1 aliphatic heterocycles. The predicted molar refractivity (Wildman–Crippen MR) is 124 cm³/mol. The molecule has 0 aliphatic carbocycles. The molecule has 0 amide bonds. The van der Waals surface area contributed by atoms with Gasteiger partial charge in [0.1, 0.15) is 11.6 Å². The summed E-state index contributed by atoms with van der Waals surface area (Å²) in [6.45, 7) is 4.91. The fourth-order valence-corrected chi connectivity index (χ4v) is 3.62. The molecule has 4 rings (SSSR count). The van der Waals surface area contributed by atoms with Crippen LogP contribution in [0.1, 0.15) is 5.69 Å². The van der Waals surface area contributed by atoms with Gasteiger partial charge < -0.3 is 14.6 Å². The molecule has 0 atom stereocenters. The molecule has 0 bridgehead atoms. The zero-order chi connectivity index (χ0) is 18.6. The van der Waals surface area contributed by atoms with E-state index in [1.807, 2.05) is 42.6 Å². The van der Waals surface area contributed by atoms with Crippen molar-refractivity contribution >= 4 is 42.1 Å². The number of H-pyrrole nitrogens is 1. The van der Waals surface area contributed by atoms with E-state index in [1.54, 1.807) is 7.11 Å². The van der Waals surface area contributed by atoms with E-state index in [2.05, 4.69) is 31.9 Å². The van der Waals surface area contributed by atoms with Gasteiger partial charge in [-0.05, 0) is 24.3 Å². The molecule has 2 heterocycles. The Kier molecular flexibility index (Phi) is 8.65. The molecular formula is C21H25Cl3N4O. The van der Waals surface area contributed by atoms with Crippen LogP contribution in [-0.4, -0.2) is 48.2 Å². The fourth-order valence-electron chi connectivity index (χ4n) is 3.43. The Balaban J connectivity index is 0.00000150. The van der Waals surface area contributed by atoms with Gasteiger partial charge in [0.25, 0.3) is 0 Å². The Bertz CT molecular complexity index is 910. The van der Waals surface area contributed by atoms with Crippen molar-refractivity contribution in [3.05, 3.63) is 65.4 Å². The second kappa shape index (κ2) is 10.7. The van der Waals surface area contributed by atoms with E-state index in [4.69, 9.17) is 16.3 Å². The lowest BCUT2D eigenvalue weighted by atomic mass is 10.2. The standard InChI is InChI=1S/C21H23ClN4O.2ClH/c1-27-20-7-3-6-19(13-20)26-10-8-25(9-11-26)15-18-14-23-21(24-18)16-4-2-5-17(22)12-16;;/h2-7,12-14H,8-11,15H2,1H3,(H,23,24);2*1H. The van der Waals surface area contributed by atoms with E-state index in [-0.39, 0.29) is 24.8 Å². The second-order valence-corrected chi connectivity index (χ2v) is 7.17. The van der Waals surface area contributed by atoms with Gasteiger partial charge in [-0.3, -0.25) is 4.90 Å². The van der Waals surface area contributed by atoms with Gasteiger partial charge in [-0.25, -0.2) is 4.98 Å². The third kappa shape index (κ3) is 5.80. The van der Waals surface area contributed by atoms with Crippen LogP contribution in [0.25, 0.3) is 11.4 Å². The minimum absolute atomic E-state index is 0. The first kappa shape index (κ1) is 23.4. The first-order valence-corrected chi connectivity index (χ1v) is 9.50. The van der Waals surface area contributed by atoms with Gasteiger partial charge in [0.05, 0.1) is 7.11 Å². The Morgan fingerprint density at radius 2 is 1.79 bits per heavy atom. The average molecular weight is 456 g/mol. The molecule has 2 aromatic carbocycles. The molecule has 0 radical (unpaired) electrons. The van der Waals surface area contributed by atoms with Gasteiger partial charge in [0, 0.05) is 67.0 Å². The van der Waals surface area contributed by atoms with E-state index in [1.165, 1.54) is 5.69 Å². The number of piperazine rings is 1. The number of benzene rings is 2. The molecule has 8 heteroatoms. The van der Waals surface area contributed by atoms with Gasteiger partial charge in [-0.15, -0.1) is 24.8 Å². The molecule has 1 aliphatic rings. The normalized spacial score (nSPS) is 14.1. The van der Waals surface area contributed by atoms with Crippen LogP contribution in [-0.2, 0) is 6.54 Å². The number of hydrogen-bond donors (Lipinski definition) is 1. The van der Waals surface area contributed by atoms with E-state index in [0.29, 0.717) is 0 Å². The number of nitrogens with zero attached hydrogens (tertiary/aromatic N) is 3. The molecule has 1 saturated heterocycles. The Labute approximate surface area is 188 Å². The summed E-state index contributed by atoms with van der Waals surface area (Å²) in [4.78, 5) is 12.8. The van der Waals surface area contributed by atoms with Crippen molar-refractivity contribution in [3.8, 4) is 17.1 Å². The summed E-state index contributed by atoms with van der Waals surface area (Å²) in [6, 6.07) is 16.0. The van der Waals surface area contributed by atoms with E-state index < -0.39 is 0 Å². The lowest BCUT2D eigenvalue weighted by Crippen LogP contribution is -2.46. The van der Waals surface area contributed by atoms with Crippen LogP contribution >= 0.6 is 36.4 Å². The number of aromatic amines is 1. The van der Waals surface area contributed by atoms with Crippen molar-refractivity contribution in [1.29, 1.82) is 0 Å². The smallest absolute Gasteiger partial charge is 0.137 e. The first-order valence-electron chi connectivity index (χ1n) is 9.12. The number of imidazole rings is 1. The van der Waals surface area contributed by atoms with E-state index in [0.717, 1.165) is 60.6 Å². The quantitative estimate of drug-likeness (QED) is 0.594. The van der Waals surface area contributed by atoms with Gasteiger partial charge in [-0.1, -0.05) is 29.8 Å². The predicted octanol–water partition coefficient (Wildman–Crippen LogP) is 4.90. The van der Waals surface area contributed by atoms with Crippen LogP contribution in [0, 0.1) is 0 Å². The molecule has 29 heavy (non-hydrogen) atoms. The summed E-state index contributed by atoms with van der Waals surface area (Å²) in [7, 11) is 1.71. The lowest BCUT2D eigenvalue weighted by molar-refractivity contribution is 0.247. The average Bonchev–Trinajstić information content (AvgIpc) is 3.17. The SMILES string of the molecule is COc1cccc(N2CCN(Cc3cnc(-c4cccc(Cl)c4)[nH]3)CC2)c1.Cl.Cl. The lowest BCUT2D eigenvalue weighted by Gasteiger charge is -2.36. The molecule has 0 unspecified atom stereocenters. The van der Waals surface area contributed by atoms with Crippen molar-refractivity contribution < 1.29 is 4.74 Å². The molecular weight excluding hydrogens is 431 g/mol. The summed E-state index contributed by atoms with van der Waals surface area (Å²) in [6.07, 6.45) is 1.92. The number of rotatable bonds is 5. The maximum Gasteiger partial charge on any atom is 0.137 e. The van der Waals surface area contributed by atoms with Gasteiger partial charge >= 0.3 is 0 Å². The highest BCUT2D eigenvalue weighted by Gasteiger charge is 2.18. The Morgan fingerprint density at radius 1 is 1.03 bits per heavy atom. The van der Waals surface area contributed by atoms with E-state index >= 15 is 0 Å². The highest BCUT2D eigenvalue weighted by atomic mass is 35.5. The summed E-state index contributed by atoms with van der Waals surface area (Å²) >= 11 is 6.08. The summed E-state index contributed by atoms with van der Waals surface area (Å²) in [5, 5.41) is 0.721. The van der Waals surface area contributed by atoms with Crippen molar-refractivity contribution in [2.24, 2.45) is 0 Å². The number of ether oxygens (including phenoxy) is 1. The van der Waals surface area contributed by atoms with Crippen molar-refractivity contribution in [2.45, 2.75) is 6.54 Å². The maximum atomic E-state index is 6.08. The van der Waals surface area contributed by atoms with Crippen molar-refractivity contribution in [2.75, 3.05) is 38.2 Å². The number of hydrogen-bond acceptors (Lipinski definition) is 4. The Morgan fingerprint density at radius 3 is 2.52 bits per heavy atom. The van der Waals surface area contributed by atoms with Gasteiger partial charge in [0.2, 0.25) is 0 Å². The molecule has 5 nitrogen and oxygen atoms in total. The zero-order valence-electron chi connectivity index (χ0n) is 16.2. The topological polar surface area (TPSA) is 44.4 Å². The number of methoxy groups -OCH3 is 1. The van der Waals surface area contributed by atoms with Crippen LogP contribution in [0.15, 0.2) is 54.7 Å². The second-order valence-electron chi connectivity index (χ2n) is 6.73. The van der Waals surface area contributed by atoms with Crippen LogP contribution < -0.4 is 9.64 Å². The van der Waals surface area contributed by atoms with E-state index in [9.17, 15) is 0 Å². The molecule has 1 fully saturated rings. The van der Waals surface area contributed by atoms with Gasteiger partial charge in [0.15, 0.2) is 0 Å². The van der Waals surface area contributed by atoms with Gasteiger partial charge in [-0.2, -0.15) is 0 Å². The third-order valence-corrected chi connectivity index (χ3v) is 5.15. The Hall–Kier alpha value is -1.92. The maximum absolute atomic E-state index is 6.08. The van der Waals surface area contributed by atoms with Crippen LogP contribution in [0.3, 0.4) is 0 Å².